The zero-order valence-electron chi connectivity index (χ0n) is 8.67. The lowest BCUT2D eigenvalue weighted by Crippen LogP contribution is -2.25. The average Bonchev–Trinajstić information content (AvgIpc) is 2.24. The van der Waals surface area contributed by atoms with Crippen LogP contribution in [0.2, 0.25) is 0 Å². The summed E-state index contributed by atoms with van der Waals surface area (Å²) in [5.74, 6) is -0.806. The van der Waals surface area contributed by atoms with Crippen molar-refractivity contribution in [3.05, 3.63) is 37.0 Å². The normalized spacial score (nSPS) is 10.3. The molecule has 4 heteroatoms. The molecule has 0 aromatic carbocycles. The third-order valence-corrected chi connectivity index (χ3v) is 1.54. The zero-order chi connectivity index (χ0) is 11.8. The van der Waals surface area contributed by atoms with Gasteiger partial charge in [0.2, 0.25) is 0 Å². The van der Waals surface area contributed by atoms with E-state index in [1.807, 2.05) is 0 Å². The molecule has 0 bridgehead atoms. The molecular weight excluding hydrogens is 192 g/mol. The molecular formula is C11H14N2O2. The number of rotatable bonds is 6. The molecule has 0 amide bonds. The van der Waals surface area contributed by atoms with Crippen molar-refractivity contribution in [2.24, 2.45) is 0 Å². The van der Waals surface area contributed by atoms with Gasteiger partial charge in [-0.1, -0.05) is 31.4 Å². The van der Waals surface area contributed by atoms with E-state index in [4.69, 9.17) is 10.8 Å². The second-order valence-corrected chi connectivity index (χ2v) is 2.53. The number of hydrogen-bond donors (Lipinski definition) is 2. The summed E-state index contributed by atoms with van der Waals surface area (Å²) in [5.41, 5.74) is -0.337. The Balaban J connectivity index is 4.77. The SMILES string of the molecule is C=C/C=C(\C=C)C(=N)C(=N)C(=O)OCC. The van der Waals surface area contributed by atoms with Gasteiger partial charge in [0.05, 0.1) is 12.3 Å². The predicted octanol–water partition coefficient (Wildman–Crippen LogP) is 1.89. The van der Waals surface area contributed by atoms with E-state index in [0.717, 1.165) is 0 Å². The van der Waals surface area contributed by atoms with Crippen LogP contribution in [0.25, 0.3) is 0 Å². The van der Waals surface area contributed by atoms with Gasteiger partial charge in [-0.15, -0.1) is 0 Å². The molecule has 0 radical (unpaired) electrons. The minimum atomic E-state index is -0.806. The molecule has 15 heavy (non-hydrogen) atoms. The maximum atomic E-state index is 11.1. The molecule has 0 spiro atoms. The molecule has 0 aliphatic carbocycles. The Morgan fingerprint density at radius 1 is 1.33 bits per heavy atom. The number of carbonyl (C=O) groups excluding carboxylic acids is 1. The molecule has 80 valence electrons. The number of carbonyl (C=O) groups is 1. The molecule has 0 heterocycles. The van der Waals surface area contributed by atoms with Gasteiger partial charge >= 0.3 is 5.97 Å². The lowest BCUT2D eigenvalue weighted by Gasteiger charge is -2.05. The van der Waals surface area contributed by atoms with Crippen LogP contribution in [-0.2, 0) is 9.53 Å². The van der Waals surface area contributed by atoms with Crippen molar-refractivity contribution in [2.45, 2.75) is 6.92 Å². The molecule has 0 unspecified atom stereocenters. The van der Waals surface area contributed by atoms with Crippen molar-refractivity contribution in [1.82, 2.24) is 0 Å². The summed E-state index contributed by atoms with van der Waals surface area (Å²) < 4.78 is 4.61. The van der Waals surface area contributed by atoms with Crippen molar-refractivity contribution in [1.29, 1.82) is 10.8 Å². The number of esters is 1. The van der Waals surface area contributed by atoms with Crippen LogP contribution < -0.4 is 0 Å². The topological polar surface area (TPSA) is 74.0 Å². The fraction of sp³-hybridized carbons (Fsp3) is 0.182. The van der Waals surface area contributed by atoms with E-state index in [0.29, 0.717) is 5.57 Å². The van der Waals surface area contributed by atoms with Gasteiger partial charge in [-0.3, -0.25) is 10.8 Å². The number of nitrogens with one attached hydrogen (secondary N) is 2. The lowest BCUT2D eigenvalue weighted by atomic mass is 10.1. The number of ether oxygens (including phenoxy) is 1. The fourth-order valence-corrected chi connectivity index (χ4v) is 0.830. The Morgan fingerprint density at radius 3 is 2.33 bits per heavy atom. The van der Waals surface area contributed by atoms with Crippen LogP contribution in [-0.4, -0.2) is 24.0 Å². The van der Waals surface area contributed by atoms with Crippen molar-refractivity contribution < 1.29 is 9.53 Å². The van der Waals surface area contributed by atoms with Gasteiger partial charge in [0.1, 0.15) is 0 Å². The third-order valence-electron chi connectivity index (χ3n) is 1.54. The molecule has 0 atom stereocenters. The number of hydrogen-bond acceptors (Lipinski definition) is 4. The molecule has 0 aromatic heterocycles. The molecule has 0 aliphatic rings. The van der Waals surface area contributed by atoms with Crippen LogP contribution >= 0.6 is 0 Å². The highest BCUT2D eigenvalue weighted by atomic mass is 16.5. The van der Waals surface area contributed by atoms with E-state index in [9.17, 15) is 4.79 Å². The van der Waals surface area contributed by atoms with Gasteiger partial charge in [-0.25, -0.2) is 4.79 Å². The standard InChI is InChI=1S/C11H14N2O2/c1-4-7-8(5-2)9(12)10(13)11(14)15-6-3/h4-5,7,12-13H,1-2,6H2,3H3/b8-7+,12-9?,13-10?. The van der Waals surface area contributed by atoms with Crippen LogP contribution in [0.3, 0.4) is 0 Å². The summed E-state index contributed by atoms with van der Waals surface area (Å²) in [6.45, 7) is 8.77. The summed E-state index contributed by atoms with van der Waals surface area (Å²) in [6, 6.07) is 0. The van der Waals surface area contributed by atoms with Gasteiger partial charge in [0.15, 0.2) is 5.71 Å². The predicted molar refractivity (Wildman–Crippen MR) is 60.6 cm³/mol. The highest BCUT2D eigenvalue weighted by molar-refractivity contribution is 6.67. The molecule has 0 aromatic rings. The van der Waals surface area contributed by atoms with Crippen molar-refractivity contribution in [3.8, 4) is 0 Å². The summed E-state index contributed by atoms with van der Waals surface area (Å²) >= 11 is 0. The van der Waals surface area contributed by atoms with Crippen molar-refractivity contribution in [2.75, 3.05) is 6.61 Å². The highest BCUT2D eigenvalue weighted by Crippen LogP contribution is 2.01. The maximum Gasteiger partial charge on any atom is 0.358 e. The van der Waals surface area contributed by atoms with Crippen molar-refractivity contribution >= 4 is 17.4 Å². The maximum absolute atomic E-state index is 11.1. The van der Waals surface area contributed by atoms with Crippen LogP contribution in [0.5, 0.6) is 0 Å². The first-order chi connectivity index (χ1) is 7.08. The van der Waals surface area contributed by atoms with Gasteiger partial charge < -0.3 is 4.74 Å². The Hall–Kier alpha value is -1.97. The van der Waals surface area contributed by atoms with Crippen LogP contribution in [0, 0.1) is 10.8 Å². The van der Waals surface area contributed by atoms with Gasteiger partial charge in [0, 0.05) is 5.57 Å². The third kappa shape index (κ3) is 3.72. The Bertz CT molecular complexity index is 340. The first-order valence-corrected chi connectivity index (χ1v) is 4.38. The summed E-state index contributed by atoms with van der Waals surface area (Å²) in [4.78, 5) is 11.1. The average molecular weight is 206 g/mol. The van der Waals surface area contributed by atoms with E-state index in [1.54, 1.807) is 6.92 Å². The highest BCUT2D eigenvalue weighted by Gasteiger charge is 2.17. The molecule has 2 N–H and O–H groups in total. The molecule has 0 aliphatic heterocycles. The zero-order valence-corrected chi connectivity index (χ0v) is 8.67. The molecule has 0 saturated heterocycles. The van der Waals surface area contributed by atoms with Crippen LogP contribution in [0.4, 0.5) is 0 Å². The molecule has 4 nitrogen and oxygen atoms in total. The van der Waals surface area contributed by atoms with E-state index in [2.05, 4.69) is 17.9 Å². The largest absolute Gasteiger partial charge is 0.461 e. The van der Waals surface area contributed by atoms with E-state index in [-0.39, 0.29) is 12.3 Å². The number of allylic oxidation sites excluding steroid dienone is 4. The van der Waals surface area contributed by atoms with E-state index < -0.39 is 11.7 Å². The second-order valence-electron chi connectivity index (χ2n) is 2.53. The molecule has 0 fully saturated rings. The summed E-state index contributed by atoms with van der Waals surface area (Å²) in [6.07, 6.45) is 4.35. The minimum absolute atomic E-state index is 0.184. The lowest BCUT2D eigenvalue weighted by molar-refractivity contribution is -0.134. The first-order valence-electron chi connectivity index (χ1n) is 4.38. The summed E-state index contributed by atoms with van der Waals surface area (Å²) in [7, 11) is 0. The quantitative estimate of drug-likeness (QED) is 0.395. The van der Waals surface area contributed by atoms with E-state index >= 15 is 0 Å². The van der Waals surface area contributed by atoms with Gasteiger partial charge in [-0.05, 0) is 6.92 Å². The van der Waals surface area contributed by atoms with Crippen LogP contribution in [0.1, 0.15) is 6.92 Å². The van der Waals surface area contributed by atoms with Gasteiger partial charge in [0.25, 0.3) is 0 Å². The Kier molecular flexibility index (Phi) is 5.63. The van der Waals surface area contributed by atoms with Crippen molar-refractivity contribution in [3.63, 3.8) is 0 Å². The molecule has 0 rings (SSSR count). The first kappa shape index (κ1) is 13.0. The smallest absolute Gasteiger partial charge is 0.358 e. The Labute approximate surface area is 89.0 Å². The fourth-order valence-electron chi connectivity index (χ4n) is 0.830. The summed E-state index contributed by atoms with van der Waals surface area (Å²) in [5, 5.41) is 14.9. The van der Waals surface area contributed by atoms with Gasteiger partial charge in [-0.2, -0.15) is 0 Å². The monoisotopic (exact) mass is 206 g/mol. The second kappa shape index (κ2) is 6.48. The minimum Gasteiger partial charge on any atom is -0.461 e. The van der Waals surface area contributed by atoms with E-state index in [1.165, 1.54) is 18.2 Å². The van der Waals surface area contributed by atoms with Crippen LogP contribution in [0.15, 0.2) is 37.0 Å². The Morgan fingerprint density at radius 2 is 1.93 bits per heavy atom. The molecule has 0 saturated carbocycles.